The molecule has 5 rings (SSSR count). The lowest BCUT2D eigenvalue weighted by Gasteiger charge is -2.36. The molecule has 0 bridgehead atoms. The van der Waals surface area contributed by atoms with E-state index >= 15 is 0 Å². The molecule has 0 amide bonds. The molecule has 3 aromatic carbocycles. The van der Waals surface area contributed by atoms with E-state index in [4.69, 9.17) is 29.1 Å². The van der Waals surface area contributed by atoms with E-state index in [-0.39, 0.29) is 19.3 Å². The molecule has 0 aromatic heterocycles. The maximum Gasteiger partial charge on any atom is 0.201 e. The average Bonchev–Trinajstić information content (AvgIpc) is 3.31. The summed E-state index contributed by atoms with van der Waals surface area (Å²) in [6.45, 7) is 4.85. The maximum absolute atomic E-state index is 9.06. The van der Waals surface area contributed by atoms with E-state index in [0.717, 1.165) is 59.1 Å². The fourth-order valence-corrected chi connectivity index (χ4v) is 4.40. The Morgan fingerprint density at radius 1 is 0.970 bits per heavy atom. The van der Waals surface area contributed by atoms with Gasteiger partial charge in [-0.1, -0.05) is 43.0 Å². The summed E-state index contributed by atoms with van der Waals surface area (Å²) in [5.41, 5.74) is 1.75. The van der Waals surface area contributed by atoms with Crippen molar-refractivity contribution in [3.63, 3.8) is 0 Å². The van der Waals surface area contributed by atoms with Crippen LogP contribution in [0.25, 0.3) is 16.3 Å². The highest BCUT2D eigenvalue weighted by atomic mass is 17.2. The van der Waals surface area contributed by atoms with Crippen LogP contribution in [-0.2, 0) is 14.5 Å². The monoisotopic (exact) mass is 448 g/mol. The molecule has 1 heterocycles. The molecule has 6 heteroatoms. The second-order valence-electron chi connectivity index (χ2n) is 8.43. The molecule has 2 aliphatic rings. The fraction of sp³-hybridized carbons (Fsp3) is 0.333. The minimum absolute atomic E-state index is 0.0325. The van der Waals surface area contributed by atoms with Crippen molar-refractivity contribution in [2.24, 2.45) is 0 Å². The van der Waals surface area contributed by atoms with Gasteiger partial charge in [0, 0.05) is 23.6 Å². The number of ether oxygens (including phenoxy) is 3. The number of aliphatic hydroxyl groups excluding tert-OH is 1. The molecule has 172 valence electrons. The van der Waals surface area contributed by atoms with Gasteiger partial charge in [-0.3, -0.25) is 0 Å². The van der Waals surface area contributed by atoms with E-state index in [9.17, 15) is 0 Å². The van der Waals surface area contributed by atoms with Gasteiger partial charge < -0.3 is 19.3 Å². The van der Waals surface area contributed by atoms with Gasteiger partial charge in [0.1, 0.15) is 30.0 Å². The van der Waals surface area contributed by atoms with Gasteiger partial charge in [0.05, 0.1) is 13.2 Å². The SMILES string of the molecule is C=C(c1ccc(Oc2cccc3c(OCCO)cccc23)cc1)C1COC2(CCCC2)OO1. The van der Waals surface area contributed by atoms with Crippen molar-refractivity contribution < 1.29 is 29.1 Å². The van der Waals surface area contributed by atoms with Gasteiger partial charge in [-0.25, -0.2) is 9.78 Å². The molecule has 2 fully saturated rings. The van der Waals surface area contributed by atoms with Crippen LogP contribution in [0.4, 0.5) is 0 Å². The van der Waals surface area contributed by atoms with Crippen molar-refractivity contribution >= 4 is 16.3 Å². The number of benzene rings is 3. The molecular formula is C27H28O6. The van der Waals surface area contributed by atoms with E-state index in [2.05, 4.69) is 6.58 Å². The van der Waals surface area contributed by atoms with Gasteiger partial charge in [0.15, 0.2) is 0 Å². The molecule has 33 heavy (non-hydrogen) atoms. The van der Waals surface area contributed by atoms with E-state index in [0.29, 0.717) is 12.4 Å². The Balaban J connectivity index is 1.27. The van der Waals surface area contributed by atoms with E-state index < -0.39 is 5.79 Å². The Morgan fingerprint density at radius 3 is 2.33 bits per heavy atom. The highest BCUT2D eigenvalue weighted by Gasteiger charge is 2.42. The second-order valence-corrected chi connectivity index (χ2v) is 8.43. The molecule has 1 unspecified atom stereocenters. The summed E-state index contributed by atoms with van der Waals surface area (Å²) >= 11 is 0. The summed E-state index contributed by atoms with van der Waals surface area (Å²) < 4.78 is 17.8. The van der Waals surface area contributed by atoms with Gasteiger partial charge in [-0.2, -0.15) is 0 Å². The van der Waals surface area contributed by atoms with Crippen molar-refractivity contribution in [2.75, 3.05) is 19.8 Å². The van der Waals surface area contributed by atoms with Crippen molar-refractivity contribution in [1.29, 1.82) is 0 Å². The fourth-order valence-electron chi connectivity index (χ4n) is 4.40. The normalized spacial score (nSPS) is 19.6. The van der Waals surface area contributed by atoms with Gasteiger partial charge in [-0.05, 0) is 48.2 Å². The molecule has 6 nitrogen and oxygen atoms in total. The van der Waals surface area contributed by atoms with E-state index in [1.807, 2.05) is 60.7 Å². The molecule has 1 atom stereocenters. The zero-order valence-corrected chi connectivity index (χ0v) is 18.5. The maximum atomic E-state index is 9.06. The number of rotatable bonds is 7. The Hall–Kier alpha value is -2.90. The zero-order chi connectivity index (χ0) is 22.7. The van der Waals surface area contributed by atoms with Crippen LogP contribution in [-0.4, -0.2) is 36.8 Å². The summed E-state index contributed by atoms with van der Waals surface area (Å²) in [5.74, 6) is 1.60. The first-order valence-corrected chi connectivity index (χ1v) is 11.4. The van der Waals surface area contributed by atoms with E-state index in [1.165, 1.54) is 0 Å². The van der Waals surface area contributed by atoms with Crippen molar-refractivity contribution in [3.05, 3.63) is 72.8 Å². The first-order valence-electron chi connectivity index (χ1n) is 11.4. The quantitative estimate of drug-likeness (QED) is 0.472. The molecular weight excluding hydrogens is 420 g/mol. The lowest BCUT2D eigenvalue weighted by atomic mass is 10.0. The molecule has 1 aliphatic carbocycles. The highest BCUT2D eigenvalue weighted by molar-refractivity contribution is 5.93. The van der Waals surface area contributed by atoms with Crippen LogP contribution >= 0.6 is 0 Å². The Morgan fingerprint density at radius 2 is 1.67 bits per heavy atom. The van der Waals surface area contributed by atoms with Crippen molar-refractivity contribution in [2.45, 2.75) is 37.6 Å². The third kappa shape index (κ3) is 4.61. The minimum Gasteiger partial charge on any atom is -0.491 e. The summed E-state index contributed by atoms with van der Waals surface area (Å²) in [7, 11) is 0. The first kappa shape index (κ1) is 21.9. The predicted octanol–water partition coefficient (Wildman–Crippen LogP) is 5.63. The summed E-state index contributed by atoms with van der Waals surface area (Å²) in [5, 5.41) is 10.9. The summed E-state index contributed by atoms with van der Waals surface area (Å²) in [4.78, 5) is 11.3. The molecule has 1 spiro atoms. The smallest absolute Gasteiger partial charge is 0.201 e. The van der Waals surface area contributed by atoms with E-state index in [1.54, 1.807) is 0 Å². The Kier molecular flexibility index (Phi) is 6.33. The van der Waals surface area contributed by atoms with Crippen LogP contribution in [0, 0.1) is 0 Å². The Bertz CT molecular complexity index is 1110. The first-order chi connectivity index (χ1) is 16.2. The molecule has 1 aliphatic heterocycles. The minimum atomic E-state index is -0.560. The third-order valence-electron chi connectivity index (χ3n) is 6.21. The van der Waals surface area contributed by atoms with Crippen molar-refractivity contribution in [1.82, 2.24) is 0 Å². The van der Waals surface area contributed by atoms with Crippen LogP contribution in [0.3, 0.4) is 0 Å². The van der Waals surface area contributed by atoms with Gasteiger partial charge in [0.2, 0.25) is 5.79 Å². The average molecular weight is 449 g/mol. The zero-order valence-electron chi connectivity index (χ0n) is 18.5. The Labute approximate surface area is 193 Å². The molecule has 1 saturated carbocycles. The highest BCUT2D eigenvalue weighted by Crippen LogP contribution is 2.39. The standard InChI is InChI=1S/C27H28O6/c1-19(26-18-30-27(33-32-26)14-2-3-15-27)20-10-12-21(13-11-20)31-25-9-5-6-22-23(25)7-4-8-24(22)29-17-16-28/h4-13,26,28H,1-3,14-18H2. The van der Waals surface area contributed by atoms with Crippen LogP contribution in [0.15, 0.2) is 67.2 Å². The second kappa shape index (κ2) is 9.53. The van der Waals surface area contributed by atoms with Crippen LogP contribution in [0.2, 0.25) is 0 Å². The summed E-state index contributed by atoms with van der Waals surface area (Å²) in [6.07, 6.45) is 3.62. The molecule has 1 N–H and O–H groups in total. The van der Waals surface area contributed by atoms with Gasteiger partial charge in [0.25, 0.3) is 0 Å². The van der Waals surface area contributed by atoms with Crippen LogP contribution < -0.4 is 9.47 Å². The topological polar surface area (TPSA) is 66.4 Å². The van der Waals surface area contributed by atoms with Crippen LogP contribution in [0.5, 0.6) is 17.2 Å². The molecule has 3 aromatic rings. The van der Waals surface area contributed by atoms with Crippen molar-refractivity contribution in [3.8, 4) is 17.2 Å². The summed E-state index contributed by atoms with van der Waals surface area (Å²) in [6, 6.07) is 19.4. The number of aliphatic hydroxyl groups is 1. The van der Waals surface area contributed by atoms with Gasteiger partial charge in [-0.15, -0.1) is 0 Å². The lowest BCUT2D eigenvalue weighted by Crippen LogP contribution is -2.43. The number of fused-ring (bicyclic) bond motifs is 1. The third-order valence-corrected chi connectivity index (χ3v) is 6.21. The largest absolute Gasteiger partial charge is 0.491 e. The number of hydrogen-bond donors (Lipinski definition) is 1. The molecule has 0 radical (unpaired) electrons. The van der Waals surface area contributed by atoms with Gasteiger partial charge >= 0.3 is 0 Å². The number of hydrogen-bond acceptors (Lipinski definition) is 6. The molecule has 1 saturated heterocycles. The lowest BCUT2D eigenvalue weighted by molar-refractivity contribution is -0.475. The van der Waals surface area contributed by atoms with Crippen LogP contribution in [0.1, 0.15) is 31.2 Å². The predicted molar refractivity (Wildman–Crippen MR) is 125 cm³/mol.